The SMILES string of the molecule is CCC(Nc1ccc(OC)cc1)C(=O)N/N=C\c1ccc(O)cc1O. The second-order valence-electron chi connectivity index (χ2n) is 5.31. The molecule has 0 fully saturated rings. The molecule has 0 saturated heterocycles. The average Bonchev–Trinajstić information content (AvgIpc) is 2.61. The molecular weight excluding hydrogens is 322 g/mol. The summed E-state index contributed by atoms with van der Waals surface area (Å²) >= 11 is 0. The number of hydrogen-bond acceptors (Lipinski definition) is 6. The monoisotopic (exact) mass is 343 g/mol. The highest BCUT2D eigenvalue weighted by Gasteiger charge is 2.15. The number of phenolic OH excluding ortho intramolecular Hbond substituents is 2. The highest BCUT2D eigenvalue weighted by atomic mass is 16.5. The maximum absolute atomic E-state index is 12.2. The fourth-order valence-corrected chi connectivity index (χ4v) is 2.13. The van der Waals surface area contributed by atoms with Crippen LogP contribution in [0.1, 0.15) is 18.9 Å². The van der Waals surface area contributed by atoms with Crippen LogP contribution in [0.25, 0.3) is 0 Å². The lowest BCUT2D eigenvalue weighted by molar-refractivity contribution is -0.121. The predicted molar refractivity (Wildman–Crippen MR) is 96.2 cm³/mol. The van der Waals surface area contributed by atoms with Crippen molar-refractivity contribution in [1.82, 2.24) is 5.43 Å². The van der Waals surface area contributed by atoms with E-state index in [0.29, 0.717) is 12.0 Å². The Hall–Kier alpha value is -3.22. The molecule has 0 bridgehead atoms. The summed E-state index contributed by atoms with van der Waals surface area (Å²) in [5, 5.41) is 25.9. The Labute approximate surface area is 146 Å². The lowest BCUT2D eigenvalue weighted by Crippen LogP contribution is -2.36. The molecule has 1 atom stereocenters. The van der Waals surface area contributed by atoms with Crippen molar-refractivity contribution in [2.75, 3.05) is 12.4 Å². The van der Waals surface area contributed by atoms with Crippen LogP contribution >= 0.6 is 0 Å². The summed E-state index contributed by atoms with van der Waals surface area (Å²) < 4.78 is 5.10. The number of benzene rings is 2. The number of amides is 1. The number of carbonyl (C=O) groups excluding carboxylic acids is 1. The zero-order valence-corrected chi connectivity index (χ0v) is 14.1. The first-order valence-electron chi connectivity index (χ1n) is 7.79. The Morgan fingerprint density at radius 2 is 1.96 bits per heavy atom. The van der Waals surface area contributed by atoms with Gasteiger partial charge in [-0.1, -0.05) is 6.92 Å². The van der Waals surface area contributed by atoms with Crippen LogP contribution in [0, 0.1) is 0 Å². The van der Waals surface area contributed by atoms with Crippen molar-refractivity contribution < 1.29 is 19.7 Å². The molecule has 2 aromatic rings. The van der Waals surface area contributed by atoms with Gasteiger partial charge in [0.25, 0.3) is 5.91 Å². The van der Waals surface area contributed by atoms with E-state index in [1.54, 1.807) is 19.2 Å². The second kappa shape index (κ2) is 8.58. The van der Waals surface area contributed by atoms with E-state index < -0.39 is 6.04 Å². The number of phenols is 2. The van der Waals surface area contributed by atoms with Gasteiger partial charge in [0.1, 0.15) is 23.3 Å². The van der Waals surface area contributed by atoms with E-state index in [1.807, 2.05) is 19.1 Å². The first-order valence-corrected chi connectivity index (χ1v) is 7.79. The third kappa shape index (κ3) is 5.13. The van der Waals surface area contributed by atoms with Crippen molar-refractivity contribution in [3.8, 4) is 17.2 Å². The minimum Gasteiger partial charge on any atom is -0.508 e. The van der Waals surface area contributed by atoms with Crippen molar-refractivity contribution in [3.63, 3.8) is 0 Å². The third-order valence-corrected chi connectivity index (χ3v) is 3.55. The van der Waals surface area contributed by atoms with Crippen molar-refractivity contribution >= 4 is 17.8 Å². The summed E-state index contributed by atoms with van der Waals surface area (Å²) in [6.07, 6.45) is 1.88. The lowest BCUT2D eigenvalue weighted by atomic mass is 10.2. The number of carbonyl (C=O) groups is 1. The standard InChI is InChI=1S/C18H21N3O4/c1-3-16(20-13-5-8-15(25-2)9-6-13)18(24)21-19-11-12-4-7-14(22)10-17(12)23/h4-11,16,20,22-23H,3H2,1-2H3,(H,21,24)/b19-11-. The number of hydrogen-bond donors (Lipinski definition) is 4. The van der Waals surface area contributed by atoms with Crippen LogP contribution in [0.15, 0.2) is 47.6 Å². The number of hydrazone groups is 1. The number of nitrogens with zero attached hydrogens (tertiary/aromatic N) is 1. The van der Waals surface area contributed by atoms with Gasteiger partial charge in [-0.05, 0) is 42.8 Å². The highest BCUT2D eigenvalue weighted by molar-refractivity contribution is 5.88. The van der Waals surface area contributed by atoms with E-state index in [4.69, 9.17) is 4.74 Å². The van der Waals surface area contributed by atoms with Gasteiger partial charge in [0.15, 0.2) is 0 Å². The average molecular weight is 343 g/mol. The molecule has 0 saturated carbocycles. The Kier molecular flexibility index (Phi) is 6.22. The summed E-state index contributed by atoms with van der Waals surface area (Å²) in [7, 11) is 1.59. The quantitative estimate of drug-likeness (QED) is 0.457. The van der Waals surface area contributed by atoms with E-state index >= 15 is 0 Å². The van der Waals surface area contributed by atoms with Crippen LogP contribution in [0.4, 0.5) is 5.69 Å². The van der Waals surface area contributed by atoms with Gasteiger partial charge in [0.05, 0.1) is 13.3 Å². The van der Waals surface area contributed by atoms with Gasteiger partial charge in [0.2, 0.25) is 0 Å². The maximum atomic E-state index is 12.2. The number of nitrogens with one attached hydrogen (secondary N) is 2. The fourth-order valence-electron chi connectivity index (χ4n) is 2.13. The van der Waals surface area contributed by atoms with Crippen molar-refractivity contribution in [2.45, 2.75) is 19.4 Å². The summed E-state index contributed by atoms with van der Waals surface area (Å²) in [6, 6.07) is 10.9. The molecule has 2 rings (SSSR count). The topological polar surface area (TPSA) is 103 Å². The summed E-state index contributed by atoms with van der Waals surface area (Å²) in [5.74, 6) is 0.268. The molecule has 1 amide bonds. The molecule has 4 N–H and O–H groups in total. The van der Waals surface area contributed by atoms with Gasteiger partial charge in [-0.3, -0.25) is 4.79 Å². The molecular formula is C18H21N3O4. The molecule has 0 aromatic heterocycles. The van der Waals surface area contributed by atoms with Crippen LogP contribution < -0.4 is 15.5 Å². The van der Waals surface area contributed by atoms with E-state index in [-0.39, 0.29) is 17.4 Å². The van der Waals surface area contributed by atoms with Crippen LogP contribution in [-0.4, -0.2) is 35.5 Å². The zero-order valence-electron chi connectivity index (χ0n) is 14.1. The normalized spacial score (nSPS) is 11.9. The number of aromatic hydroxyl groups is 2. The zero-order chi connectivity index (χ0) is 18.2. The van der Waals surface area contributed by atoms with E-state index in [2.05, 4.69) is 15.8 Å². The van der Waals surface area contributed by atoms with Crippen LogP contribution in [0.2, 0.25) is 0 Å². The van der Waals surface area contributed by atoms with Crippen LogP contribution in [0.3, 0.4) is 0 Å². The smallest absolute Gasteiger partial charge is 0.262 e. The predicted octanol–water partition coefficient (Wildman–Crippen LogP) is 2.45. The maximum Gasteiger partial charge on any atom is 0.262 e. The molecule has 0 spiro atoms. The molecule has 25 heavy (non-hydrogen) atoms. The van der Waals surface area contributed by atoms with E-state index in [9.17, 15) is 15.0 Å². The third-order valence-electron chi connectivity index (χ3n) is 3.55. The molecule has 0 aliphatic rings. The van der Waals surface area contributed by atoms with Crippen molar-refractivity contribution in [2.24, 2.45) is 5.10 Å². The van der Waals surface area contributed by atoms with Gasteiger partial charge in [-0.25, -0.2) is 5.43 Å². The minimum absolute atomic E-state index is 0.0478. The van der Waals surface area contributed by atoms with E-state index in [0.717, 1.165) is 11.4 Å². The van der Waals surface area contributed by atoms with Gasteiger partial charge in [0, 0.05) is 17.3 Å². The largest absolute Gasteiger partial charge is 0.508 e. The Balaban J connectivity index is 1.95. The second-order valence-corrected chi connectivity index (χ2v) is 5.31. The van der Waals surface area contributed by atoms with Crippen LogP contribution in [-0.2, 0) is 4.79 Å². The number of anilines is 1. The van der Waals surface area contributed by atoms with Crippen molar-refractivity contribution in [1.29, 1.82) is 0 Å². The van der Waals surface area contributed by atoms with Crippen molar-refractivity contribution in [3.05, 3.63) is 48.0 Å². The Bertz CT molecular complexity index is 744. The number of methoxy groups -OCH3 is 1. The lowest BCUT2D eigenvalue weighted by Gasteiger charge is -2.16. The minimum atomic E-state index is -0.459. The first kappa shape index (κ1) is 18.1. The molecule has 0 aliphatic carbocycles. The van der Waals surface area contributed by atoms with Gasteiger partial charge in [-0.2, -0.15) is 5.10 Å². The Morgan fingerprint density at radius 1 is 1.24 bits per heavy atom. The fraction of sp³-hybridized carbons (Fsp3) is 0.222. The van der Waals surface area contributed by atoms with Crippen LogP contribution in [0.5, 0.6) is 17.2 Å². The molecule has 1 unspecified atom stereocenters. The highest BCUT2D eigenvalue weighted by Crippen LogP contribution is 2.20. The summed E-state index contributed by atoms with van der Waals surface area (Å²) in [6.45, 7) is 1.89. The molecule has 0 aliphatic heterocycles. The van der Waals surface area contributed by atoms with Gasteiger partial charge in [-0.15, -0.1) is 0 Å². The summed E-state index contributed by atoms with van der Waals surface area (Å²) in [5.41, 5.74) is 3.61. The molecule has 7 nitrogen and oxygen atoms in total. The first-order chi connectivity index (χ1) is 12.0. The van der Waals surface area contributed by atoms with Gasteiger partial charge >= 0.3 is 0 Å². The Morgan fingerprint density at radius 3 is 2.56 bits per heavy atom. The molecule has 0 heterocycles. The molecule has 7 heteroatoms. The molecule has 2 aromatic carbocycles. The number of rotatable bonds is 7. The van der Waals surface area contributed by atoms with Gasteiger partial charge < -0.3 is 20.3 Å². The summed E-state index contributed by atoms with van der Waals surface area (Å²) in [4.78, 5) is 12.2. The molecule has 0 radical (unpaired) electrons. The molecule has 132 valence electrons. The number of ether oxygens (including phenoxy) is 1. The van der Waals surface area contributed by atoms with E-state index in [1.165, 1.54) is 24.4 Å².